The fourth-order valence-corrected chi connectivity index (χ4v) is 4.44. The maximum absolute atomic E-state index is 14.5. The summed E-state index contributed by atoms with van der Waals surface area (Å²) < 4.78 is 55.7. The average Bonchev–Trinajstić information content (AvgIpc) is 3.44. The summed E-state index contributed by atoms with van der Waals surface area (Å²) in [6, 6.07) is 6.68. The average molecular weight is 487 g/mol. The molecule has 2 N–H and O–H groups in total. The normalized spacial score (nSPS) is 17.0. The molecule has 0 spiro atoms. The molecule has 0 unspecified atom stereocenters. The van der Waals surface area contributed by atoms with Crippen LogP contribution in [-0.2, 0) is 16.4 Å². The number of carboxylic acids is 1. The summed E-state index contributed by atoms with van der Waals surface area (Å²) in [5.74, 6) is -2.79. The molecular formula is C25H21F4N3O3. The number of carbonyl (C=O) groups is 2. The third-order valence-electron chi connectivity index (χ3n) is 6.86. The van der Waals surface area contributed by atoms with Crippen LogP contribution < -0.4 is 5.32 Å². The minimum absolute atomic E-state index is 0.0638. The monoisotopic (exact) mass is 487 g/mol. The first-order valence-corrected chi connectivity index (χ1v) is 11.2. The SMILES string of the molecule is O=C(O)c1cc(NC(=O)C2(c3cc(C(F)(F)F)ccc3F)CC2)ccc1-c1cnn(C2CCC2)c1. The lowest BCUT2D eigenvalue weighted by Crippen LogP contribution is -2.29. The van der Waals surface area contributed by atoms with Crippen LogP contribution in [-0.4, -0.2) is 26.8 Å². The van der Waals surface area contributed by atoms with Gasteiger partial charge in [0.05, 0.1) is 28.8 Å². The molecule has 0 atom stereocenters. The molecule has 2 aliphatic carbocycles. The molecule has 2 saturated carbocycles. The molecular weight excluding hydrogens is 466 g/mol. The first kappa shape index (κ1) is 23.1. The second kappa shape index (κ2) is 8.21. The molecule has 1 heterocycles. The minimum atomic E-state index is -4.67. The minimum Gasteiger partial charge on any atom is -0.478 e. The van der Waals surface area contributed by atoms with Crippen LogP contribution in [0.2, 0.25) is 0 Å². The second-order valence-electron chi connectivity index (χ2n) is 9.09. The fraction of sp³-hybridized carbons (Fsp3) is 0.320. The van der Waals surface area contributed by atoms with Crippen LogP contribution in [0.4, 0.5) is 23.2 Å². The van der Waals surface area contributed by atoms with E-state index in [1.165, 1.54) is 12.1 Å². The molecule has 0 radical (unpaired) electrons. The van der Waals surface area contributed by atoms with Crippen molar-refractivity contribution in [2.24, 2.45) is 0 Å². The molecule has 0 saturated heterocycles. The Morgan fingerprint density at radius 3 is 2.46 bits per heavy atom. The molecule has 35 heavy (non-hydrogen) atoms. The van der Waals surface area contributed by atoms with Gasteiger partial charge in [-0.2, -0.15) is 18.3 Å². The van der Waals surface area contributed by atoms with Gasteiger partial charge in [-0.15, -0.1) is 0 Å². The number of rotatable bonds is 6. The van der Waals surface area contributed by atoms with Gasteiger partial charge in [-0.05, 0) is 68.0 Å². The van der Waals surface area contributed by atoms with Gasteiger partial charge in [0.15, 0.2) is 0 Å². The molecule has 0 aliphatic heterocycles. The van der Waals surface area contributed by atoms with Gasteiger partial charge < -0.3 is 10.4 Å². The third-order valence-corrected chi connectivity index (χ3v) is 6.86. The molecule has 0 bridgehead atoms. The zero-order valence-corrected chi connectivity index (χ0v) is 18.4. The number of carboxylic acid groups (broad SMARTS) is 1. The smallest absolute Gasteiger partial charge is 0.416 e. The van der Waals surface area contributed by atoms with Crippen molar-refractivity contribution in [3.63, 3.8) is 0 Å². The van der Waals surface area contributed by atoms with Gasteiger partial charge in [-0.25, -0.2) is 9.18 Å². The molecule has 3 aromatic rings. The number of benzene rings is 2. The molecule has 6 nitrogen and oxygen atoms in total. The second-order valence-corrected chi connectivity index (χ2v) is 9.09. The molecule has 2 aliphatic rings. The van der Waals surface area contributed by atoms with Crippen molar-refractivity contribution in [3.8, 4) is 11.1 Å². The van der Waals surface area contributed by atoms with Gasteiger partial charge in [0.1, 0.15) is 5.82 Å². The molecule has 10 heteroatoms. The number of amides is 1. The van der Waals surface area contributed by atoms with E-state index >= 15 is 0 Å². The van der Waals surface area contributed by atoms with E-state index in [-0.39, 0.29) is 29.7 Å². The summed E-state index contributed by atoms with van der Waals surface area (Å²) in [4.78, 5) is 25.0. The zero-order chi connectivity index (χ0) is 25.0. The number of halogens is 4. The van der Waals surface area contributed by atoms with Gasteiger partial charge >= 0.3 is 12.1 Å². The van der Waals surface area contributed by atoms with Crippen LogP contribution in [0.1, 0.15) is 59.6 Å². The van der Waals surface area contributed by atoms with Crippen molar-refractivity contribution < 1.29 is 32.3 Å². The first-order valence-electron chi connectivity index (χ1n) is 11.2. The number of nitrogens with zero attached hydrogens (tertiary/aromatic N) is 2. The Bertz CT molecular complexity index is 1320. The first-order chi connectivity index (χ1) is 16.6. The summed E-state index contributed by atoms with van der Waals surface area (Å²) >= 11 is 0. The number of anilines is 1. The Labute approximate surface area is 197 Å². The lowest BCUT2D eigenvalue weighted by molar-refractivity contribution is -0.137. The summed E-state index contributed by atoms with van der Waals surface area (Å²) in [7, 11) is 0. The van der Waals surface area contributed by atoms with Crippen molar-refractivity contribution in [1.29, 1.82) is 0 Å². The number of alkyl halides is 3. The number of nitrogens with one attached hydrogen (secondary N) is 1. The van der Waals surface area contributed by atoms with Gasteiger partial charge in [-0.1, -0.05) is 6.07 Å². The summed E-state index contributed by atoms with van der Waals surface area (Å²) in [6.45, 7) is 0. The van der Waals surface area contributed by atoms with Crippen LogP contribution in [0.5, 0.6) is 0 Å². The molecule has 1 amide bonds. The highest BCUT2D eigenvalue weighted by Gasteiger charge is 2.53. The predicted molar refractivity (Wildman–Crippen MR) is 118 cm³/mol. The van der Waals surface area contributed by atoms with Crippen molar-refractivity contribution in [1.82, 2.24) is 9.78 Å². The highest BCUT2D eigenvalue weighted by atomic mass is 19.4. The fourth-order valence-electron chi connectivity index (χ4n) is 4.44. The van der Waals surface area contributed by atoms with Crippen LogP contribution in [0, 0.1) is 5.82 Å². The van der Waals surface area contributed by atoms with Gasteiger partial charge in [0, 0.05) is 23.0 Å². The maximum Gasteiger partial charge on any atom is 0.416 e. The van der Waals surface area contributed by atoms with Gasteiger partial charge in [-0.3, -0.25) is 9.48 Å². The molecule has 182 valence electrons. The van der Waals surface area contributed by atoms with Gasteiger partial charge in [0.25, 0.3) is 0 Å². The Morgan fingerprint density at radius 1 is 1.11 bits per heavy atom. The standard InChI is InChI=1S/C25H21F4N3O3/c26-21-7-4-15(25(27,28)29)10-20(21)24(8-9-24)23(35)31-16-5-6-18(19(11-16)22(33)34)14-12-30-32(13-14)17-2-1-3-17/h4-7,10-13,17H,1-3,8-9H2,(H,31,35)(H,33,34). The van der Waals surface area contributed by atoms with E-state index in [1.54, 1.807) is 18.5 Å². The Balaban J connectivity index is 1.42. The molecule has 1 aromatic heterocycles. The number of aromatic carboxylic acids is 1. The summed E-state index contributed by atoms with van der Waals surface area (Å²) in [6.07, 6.45) is 2.24. The van der Waals surface area contributed by atoms with Crippen molar-refractivity contribution in [3.05, 3.63) is 71.3 Å². The van der Waals surface area contributed by atoms with E-state index < -0.39 is 34.8 Å². The zero-order valence-electron chi connectivity index (χ0n) is 18.4. The van der Waals surface area contributed by atoms with Crippen LogP contribution >= 0.6 is 0 Å². The molecule has 5 rings (SSSR count). The van der Waals surface area contributed by atoms with E-state index in [1.807, 2.05) is 4.68 Å². The summed E-state index contributed by atoms with van der Waals surface area (Å²) in [5.41, 5.74) is -1.65. The lowest BCUT2D eigenvalue weighted by Gasteiger charge is -2.25. The maximum atomic E-state index is 14.5. The van der Waals surface area contributed by atoms with Crippen molar-refractivity contribution in [2.75, 3.05) is 5.32 Å². The van der Waals surface area contributed by atoms with E-state index in [9.17, 15) is 32.3 Å². The lowest BCUT2D eigenvalue weighted by atomic mass is 9.92. The largest absolute Gasteiger partial charge is 0.478 e. The summed E-state index contributed by atoms with van der Waals surface area (Å²) in [5, 5.41) is 16.7. The Hall–Kier alpha value is -3.69. The number of hydrogen-bond acceptors (Lipinski definition) is 3. The number of carbonyl (C=O) groups excluding carboxylic acids is 1. The van der Waals surface area contributed by atoms with Gasteiger partial charge in [0.2, 0.25) is 5.91 Å². The van der Waals surface area contributed by atoms with Crippen LogP contribution in [0.3, 0.4) is 0 Å². The Kier molecular flexibility index (Phi) is 5.41. The van der Waals surface area contributed by atoms with E-state index in [0.29, 0.717) is 35.4 Å². The highest BCUT2D eigenvalue weighted by Crippen LogP contribution is 2.51. The molecule has 2 fully saturated rings. The molecule has 2 aromatic carbocycles. The predicted octanol–water partition coefficient (Wildman–Crippen LogP) is 5.80. The number of hydrogen-bond donors (Lipinski definition) is 2. The quantitative estimate of drug-likeness (QED) is 0.431. The van der Waals surface area contributed by atoms with E-state index in [4.69, 9.17) is 0 Å². The Morgan fingerprint density at radius 2 is 1.86 bits per heavy atom. The van der Waals surface area contributed by atoms with E-state index in [0.717, 1.165) is 19.3 Å². The van der Waals surface area contributed by atoms with Crippen molar-refractivity contribution in [2.45, 2.75) is 49.7 Å². The third kappa shape index (κ3) is 4.17. The van der Waals surface area contributed by atoms with Crippen LogP contribution in [0.25, 0.3) is 11.1 Å². The highest BCUT2D eigenvalue weighted by molar-refractivity contribution is 6.03. The topological polar surface area (TPSA) is 84.2 Å². The van der Waals surface area contributed by atoms with E-state index in [2.05, 4.69) is 10.4 Å². The van der Waals surface area contributed by atoms with Crippen LogP contribution in [0.15, 0.2) is 48.8 Å². The van der Waals surface area contributed by atoms with Crippen molar-refractivity contribution >= 4 is 17.6 Å². The number of aromatic nitrogens is 2.